The van der Waals surface area contributed by atoms with Gasteiger partial charge in [-0.1, -0.05) is 12.1 Å². The number of amides is 1. The van der Waals surface area contributed by atoms with Crippen molar-refractivity contribution in [3.05, 3.63) is 24.3 Å². The molecule has 2 heterocycles. The highest BCUT2D eigenvalue weighted by molar-refractivity contribution is 5.94. The summed E-state index contributed by atoms with van der Waals surface area (Å²) in [5.74, 6) is 0.963. The number of carbonyl (C=O) groups is 1. The Labute approximate surface area is 110 Å². The zero-order valence-corrected chi connectivity index (χ0v) is 10.6. The standard InChI is InChI=1S/C13H15N5O/c1-8-12(19)15-6-7-18(8)11-9-4-2-3-5-10(9)16-13(14)17-11/h2-5,8H,6-7H2,1H3,(H,15,19)(H2,14,16,17). The first kappa shape index (κ1) is 11.7. The predicted octanol–water partition coefficient (Wildman–Crippen LogP) is 0.537. The molecule has 1 amide bonds. The van der Waals surface area contributed by atoms with Gasteiger partial charge in [-0.25, -0.2) is 4.98 Å². The maximum absolute atomic E-state index is 11.8. The van der Waals surface area contributed by atoms with E-state index in [1.807, 2.05) is 36.1 Å². The minimum atomic E-state index is -0.258. The van der Waals surface area contributed by atoms with Crippen LogP contribution in [0.5, 0.6) is 0 Å². The van der Waals surface area contributed by atoms with Crippen LogP contribution in [0.25, 0.3) is 10.9 Å². The van der Waals surface area contributed by atoms with Crippen molar-refractivity contribution in [1.29, 1.82) is 0 Å². The lowest BCUT2D eigenvalue weighted by molar-refractivity contribution is -0.122. The number of nitrogens with zero attached hydrogens (tertiary/aromatic N) is 3. The molecule has 98 valence electrons. The Morgan fingerprint density at radius 2 is 2.16 bits per heavy atom. The smallest absolute Gasteiger partial charge is 0.242 e. The number of hydrogen-bond donors (Lipinski definition) is 2. The molecule has 6 nitrogen and oxygen atoms in total. The first-order valence-corrected chi connectivity index (χ1v) is 6.23. The monoisotopic (exact) mass is 257 g/mol. The van der Waals surface area contributed by atoms with Gasteiger partial charge in [0.15, 0.2) is 0 Å². The number of piperazine rings is 1. The Hall–Kier alpha value is -2.37. The number of para-hydroxylation sites is 1. The Bertz CT molecular complexity index is 642. The number of anilines is 2. The van der Waals surface area contributed by atoms with Crippen molar-refractivity contribution in [2.24, 2.45) is 0 Å². The van der Waals surface area contributed by atoms with Crippen LogP contribution in [0.1, 0.15) is 6.92 Å². The van der Waals surface area contributed by atoms with Crippen LogP contribution in [0.3, 0.4) is 0 Å². The van der Waals surface area contributed by atoms with Crippen LogP contribution in [-0.2, 0) is 4.79 Å². The third kappa shape index (κ3) is 1.95. The second-order valence-electron chi connectivity index (χ2n) is 4.58. The molecule has 1 atom stereocenters. The third-order valence-electron chi connectivity index (χ3n) is 3.37. The molecule has 1 saturated heterocycles. The number of benzene rings is 1. The summed E-state index contributed by atoms with van der Waals surface area (Å²) in [5, 5.41) is 3.75. The Balaban J connectivity index is 2.16. The van der Waals surface area contributed by atoms with Crippen molar-refractivity contribution >= 4 is 28.6 Å². The summed E-state index contributed by atoms with van der Waals surface area (Å²) in [4.78, 5) is 22.3. The van der Waals surface area contributed by atoms with E-state index in [1.165, 1.54) is 0 Å². The van der Waals surface area contributed by atoms with Crippen molar-refractivity contribution in [2.75, 3.05) is 23.7 Å². The van der Waals surface area contributed by atoms with E-state index >= 15 is 0 Å². The van der Waals surface area contributed by atoms with Gasteiger partial charge in [0.2, 0.25) is 11.9 Å². The topological polar surface area (TPSA) is 84.1 Å². The molecule has 0 bridgehead atoms. The quantitative estimate of drug-likeness (QED) is 0.778. The van der Waals surface area contributed by atoms with Gasteiger partial charge in [-0.2, -0.15) is 4.98 Å². The summed E-state index contributed by atoms with van der Waals surface area (Å²) in [6.07, 6.45) is 0. The van der Waals surface area contributed by atoms with E-state index in [4.69, 9.17) is 5.73 Å². The summed E-state index contributed by atoms with van der Waals surface area (Å²) >= 11 is 0. The molecule has 0 radical (unpaired) electrons. The second kappa shape index (κ2) is 4.38. The van der Waals surface area contributed by atoms with Crippen LogP contribution >= 0.6 is 0 Å². The summed E-state index contributed by atoms with van der Waals surface area (Å²) < 4.78 is 0. The molecule has 1 aromatic carbocycles. The fraction of sp³-hybridized carbons (Fsp3) is 0.308. The lowest BCUT2D eigenvalue weighted by Gasteiger charge is -2.34. The van der Waals surface area contributed by atoms with E-state index < -0.39 is 0 Å². The SMILES string of the molecule is CC1C(=O)NCCN1c1nc(N)nc2ccccc12. The van der Waals surface area contributed by atoms with Gasteiger partial charge in [0.05, 0.1) is 5.52 Å². The Morgan fingerprint density at radius 1 is 1.37 bits per heavy atom. The van der Waals surface area contributed by atoms with Crippen LogP contribution in [0.4, 0.5) is 11.8 Å². The molecule has 3 rings (SSSR count). The molecule has 6 heteroatoms. The number of carbonyl (C=O) groups excluding carboxylic acids is 1. The highest BCUT2D eigenvalue weighted by atomic mass is 16.2. The van der Waals surface area contributed by atoms with Gasteiger partial charge in [0.25, 0.3) is 0 Å². The van der Waals surface area contributed by atoms with Gasteiger partial charge >= 0.3 is 0 Å². The molecule has 1 unspecified atom stereocenters. The number of rotatable bonds is 1. The lowest BCUT2D eigenvalue weighted by Crippen LogP contribution is -2.54. The van der Waals surface area contributed by atoms with Crippen molar-refractivity contribution in [3.8, 4) is 0 Å². The van der Waals surface area contributed by atoms with Crippen molar-refractivity contribution in [1.82, 2.24) is 15.3 Å². The van der Waals surface area contributed by atoms with Gasteiger partial charge in [-0.15, -0.1) is 0 Å². The van der Waals surface area contributed by atoms with Crippen LogP contribution in [0.15, 0.2) is 24.3 Å². The van der Waals surface area contributed by atoms with Crippen molar-refractivity contribution < 1.29 is 4.79 Å². The zero-order chi connectivity index (χ0) is 13.4. The van der Waals surface area contributed by atoms with Gasteiger partial charge < -0.3 is 16.0 Å². The Morgan fingerprint density at radius 3 is 3.00 bits per heavy atom. The van der Waals surface area contributed by atoms with E-state index in [0.717, 1.165) is 16.7 Å². The first-order valence-electron chi connectivity index (χ1n) is 6.23. The van der Waals surface area contributed by atoms with Gasteiger partial charge in [-0.3, -0.25) is 4.79 Å². The largest absolute Gasteiger partial charge is 0.368 e. The molecule has 0 aliphatic carbocycles. The molecule has 0 saturated carbocycles. The van der Waals surface area contributed by atoms with Gasteiger partial charge in [0.1, 0.15) is 11.9 Å². The minimum Gasteiger partial charge on any atom is -0.368 e. The Kier molecular flexibility index (Phi) is 2.70. The fourth-order valence-corrected chi connectivity index (χ4v) is 2.37. The molecule has 1 aliphatic rings. The molecular formula is C13H15N5O. The zero-order valence-electron chi connectivity index (χ0n) is 10.6. The van der Waals surface area contributed by atoms with Crippen LogP contribution in [0.2, 0.25) is 0 Å². The van der Waals surface area contributed by atoms with E-state index in [0.29, 0.717) is 13.1 Å². The van der Waals surface area contributed by atoms with E-state index in [2.05, 4.69) is 15.3 Å². The van der Waals surface area contributed by atoms with Crippen molar-refractivity contribution in [2.45, 2.75) is 13.0 Å². The summed E-state index contributed by atoms with van der Waals surface area (Å²) in [6.45, 7) is 3.19. The lowest BCUT2D eigenvalue weighted by atomic mass is 10.1. The molecule has 1 aliphatic heterocycles. The number of aromatic nitrogens is 2. The van der Waals surface area contributed by atoms with Crippen molar-refractivity contribution in [3.63, 3.8) is 0 Å². The summed E-state index contributed by atoms with van der Waals surface area (Å²) in [5.41, 5.74) is 6.56. The van der Waals surface area contributed by atoms with E-state index in [1.54, 1.807) is 0 Å². The number of fused-ring (bicyclic) bond motifs is 1. The molecule has 19 heavy (non-hydrogen) atoms. The summed E-state index contributed by atoms with van der Waals surface area (Å²) in [7, 11) is 0. The highest BCUT2D eigenvalue weighted by Crippen LogP contribution is 2.26. The molecule has 3 N–H and O–H groups in total. The maximum Gasteiger partial charge on any atom is 0.242 e. The molecule has 0 spiro atoms. The van der Waals surface area contributed by atoms with Crippen LogP contribution in [-0.4, -0.2) is 35.0 Å². The van der Waals surface area contributed by atoms with Crippen LogP contribution < -0.4 is 16.0 Å². The normalized spacial score (nSPS) is 19.5. The van der Waals surface area contributed by atoms with E-state index in [9.17, 15) is 4.79 Å². The predicted molar refractivity (Wildman–Crippen MR) is 73.8 cm³/mol. The first-order chi connectivity index (χ1) is 9.16. The van der Waals surface area contributed by atoms with E-state index in [-0.39, 0.29) is 17.9 Å². The van der Waals surface area contributed by atoms with Crippen LogP contribution in [0, 0.1) is 0 Å². The number of nitrogen functional groups attached to an aromatic ring is 1. The number of hydrogen-bond acceptors (Lipinski definition) is 5. The van der Waals surface area contributed by atoms with Gasteiger partial charge in [0, 0.05) is 18.5 Å². The molecule has 2 aromatic rings. The molecule has 1 fully saturated rings. The summed E-state index contributed by atoms with van der Waals surface area (Å²) in [6, 6.07) is 7.42. The molecular weight excluding hydrogens is 242 g/mol. The van der Waals surface area contributed by atoms with Gasteiger partial charge in [-0.05, 0) is 19.1 Å². The average Bonchev–Trinajstić information content (AvgIpc) is 2.41. The maximum atomic E-state index is 11.8. The number of nitrogens with two attached hydrogens (primary N) is 1. The average molecular weight is 257 g/mol. The fourth-order valence-electron chi connectivity index (χ4n) is 2.37. The minimum absolute atomic E-state index is 0.00696. The molecule has 1 aromatic heterocycles. The third-order valence-corrected chi connectivity index (χ3v) is 3.37. The second-order valence-corrected chi connectivity index (χ2v) is 4.58. The highest BCUT2D eigenvalue weighted by Gasteiger charge is 2.27. The number of nitrogens with one attached hydrogen (secondary N) is 1.